The van der Waals surface area contributed by atoms with Crippen molar-refractivity contribution < 1.29 is 4.74 Å². The fourth-order valence-corrected chi connectivity index (χ4v) is 3.76. The Balaban J connectivity index is 1.48. The van der Waals surface area contributed by atoms with Gasteiger partial charge in [-0.15, -0.1) is 0 Å². The maximum Gasteiger partial charge on any atom is 0.204 e. The van der Waals surface area contributed by atoms with Crippen molar-refractivity contribution in [1.29, 1.82) is 0 Å². The van der Waals surface area contributed by atoms with Gasteiger partial charge in [0.15, 0.2) is 0 Å². The molecule has 4 aromatic rings. The SMILES string of the molecule is Brc1ccc(OCc2ccccc2)c(/C=N/Nc2nc3ccccc3s2)c1. The minimum atomic E-state index is 0.509. The van der Waals surface area contributed by atoms with E-state index >= 15 is 0 Å². The summed E-state index contributed by atoms with van der Waals surface area (Å²) < 4.78 is 8.07. The molecule has 0 radical (unpaired) electrons. The van der Waals surface area contributed by atoms with Gasteiger partial charge in [0.05, 0.1) is 16.4 Å². The minimum Gasteiger partial charge on any atom is -0.488 e. The quantitative estimate of drug-likeness (QED) is 0.293. The summed E-state index contributed by atoms with van der Waals surface area (Å²) in [5, 5.41) is 5.09. The fraction of sp³-hybridized carbons (Fsp3) is 0.0476. The summed E-state index contributed by atoms with van der Waals surface area (Å²) in [7, 11) is 0. The van der Waals surface area contributed by atoms with Crippen LogP contribution in [0.25, 0.3) is 10.2 Å². The van der Waals surface area contributed by atoms with Crippen molar-refractivity contribution in [1.82, 2.24) is 4.98 Å². The van der Waals surface area contributed by atoms with E-state index in [4.69, 9.17) is 4.74 Å². The van der Waals surface area contributed by atoms with E-state index in [1.165, 1.54) is 0 Å². The number of hydrazone groups is 1. The predicted octanol–water partition coefficient (Wildman–Crippen LogP) is 6.08. The number of ether oxygens (including phenoxy) is 1. The van der Waals surface area contributed by atoms with Crippen LogP contribution in [0, 0.1) is 0 Å². The van der Waals surface area contributed by atoms with Gasteiger partial charge in [0.2, 0.25) is 5.13 Å². The van der Waals surface area contributed by atoms with Crippen molar-refractivity contribution in [3.63, 3.8) is 0 Å². The molecule has 1 N–H and O–H groups in total. The van der Waals surface area contributed by atoms with Crippen LogP contribution in [-0.4, -0.2) is 11.2 Å². The third kappa shape index (κ3) is 4.53. The summed E-state index contributed by atoms with van der Waals surface area (Å²) in [5.41, 5.74) is 5.98. The molecule has 27 heavy (non-hydrogen) atoms. The van der Waals surface area contributed by atoms with E-state index in [2.05, 4.69) is 31.4 Å². The van der Waals surface area contributed by atoms with Crippen LogP contribution in [0.1, 0.15) is 11.1 Å². The Kier molecular flexibility index (Phi) is 5.46. The summed E-state index contributed by atoms with van der Waals surface area (Å²) in [6, 6.07) is 24.0. The summed E-state index contributed by atoms with van der Waals surface area (Å²) in [6.07, 6.45) is 1.75. The zero-order chi connectivity index (χ0) is 18.5. The van der Waals surface area contributed by atoms with Crippen molar-refractivity contribution >= 4 is 48.8 Å². The zero-order valence-corrected chi connectivity index (χ0v) is 16.7. The summed E-state index contributed by atoms with van der Waals surface area (Å²) >= 11 is 5.08. The van der Waals surface area contributed by atoms with Crippen molar-refractivity contribution in [2.24, 2.45) is 5.10 Å². The highest BCUT2D eigenvalue weighted by molar-refractivity contribution is 9.10. The molecule has 0 aliphatic rings. The number of nitrogens with zero attached hydrogens (tertiary/aromatic N) is 2. The third-order valence-electron chi connectivity index (χ3n) is 3.87. The highest BCUT2D eigenvalue weighted by Crippen LogP contribution is 2.26. The minimum absolute atomic E-state index is 0.509. The smallest absolute Gasteiger partial charge is 0.204 e. The zero-order valence-electron chi connectivity index (χ0n) is 14.3. The van der Waals surface area contributed by atoms with Crippen LogP contribution in [0.2, 0.25) is 0 Å². The Labute approximate surface area is 169 Å². The van der Waals surface area contributed by atoms with Crippen LogP contribution < -0.4 is 10.2 Å². The van der Waals surface area contributed by atoms with E-state index < -0.39 is 0 Å². The summed E-state index contributed by atoms with van der Waals surface area (Å²) in [5.74, 6) is 0.775. The molecule has 0 fully saturated rings. The summed E-state index contributed by atoms with van der Waals surface area (Å²) in [6.45, 7) is 0.509. The van der Waals surface area contributed by atoms with Gasteiger partial charge in [-0.1, -0.05) is 69.7 Å². The topological polar surface area (TPSA) is 46.5 Å². The number of hydrogen-bond donors (Lipinski definition) is 1. The molecule has 0 atom stereocenters. The lowest BCUT2D eigenvalue weighted by Gasteiger charge is -2.09. The molecule has 0 unspecified atom stereocenters. The molecule has 0 spiro atoms. The van der Waals surface area contributed by atoms with Crippen LogP contribution in [0.5, 0.6) is 5.75 Å². The lowest BCUT2D eigenvalue weighted by Crippen LogP contribution is -1.99. The molecule has 1 heterocycles. The Bertz CT molecular complexity index is 1050. The third-order valence-corrected chi connectivity index (χ3v) is 5.30. The van der Waals surface area contributed by atoms with Gasteiger partial charge in [0, 0.05) is 10.0 Å². The first-order valence-electron chi connectivity index (χ1n) is 8.39. The van der Waals surface area contributed by atoms with Gasteiger partial charge in [-0.2, -0.15) is 5.10 Å². The van der Waals surface area contributed by atoms with Gasteiger partial charge in [0.25, 0.3) is 0 Å². The van der Waals surface area contributed by atoms with Crippen molar-refractivity contribution in [2.45, 2.75) is 6.61 Å². The average Bonchev–Trinajstić information content (AvgIpc) is 3.11. The Morgan fingerprint density at radius 1 is 1.04 bits per heavy atom. The van der Waals surface area contributed by atoms with Crippen LogP contribution >= 0.6 is 27.3 Å². The van der Waals surface area contributed by atoms with Crippen molar-refractivity contribution in [3.05, 3.63) is 88.4 Å². The molecule has 0 bridgehead atoms. The highest BCUT2D eigenvalue weighted by Gasteiger charge is 2.05. The number of fused-ring (bicyclic) bond motifs is 1. The van der Waals surface area contributed by atoms with E-state index in [0.29, 0.717) is 6.61 Å². The van der Waals surface area contributed by atoms with Crippen molar-refractivity contribution in [2.75, 3.05) is 5.43 Å². The second kappa shape index (κ2) is 8.33. The molecule has 0 aliphatic heterocycles. The van der Waals surface area contributed by atoms with Gasteiger partial charge < -0.3 is 4.74 Å². The van der Waals surface area contributed by atoms with Gasteiger partial charge in [0.1, 0.15) is 12.4 Å². The lowest BCUT2D eigenvalue weighted by molar-refractivity contribution is 0.306. The normalized spacial score (nSPS) is 11.1. The lowest BCUT2D eigenvalue weighted by atomic mass is 10.2. The van der Waals surface area contributed by atoms with Crippen LogP contribution in [0.4, 0.5) is 5.13 Å². The molecule has 4 nitrogen and oxygen atoms in total. The van der Waals surface area contributed by atoms with E-state index in [1.54, 1.807) is 17.6 Å². The van der Waals surface area contributed by atoms with Gasteiger partial charge in [-0.25, -0.2) is 4.98 Å². The molecule has 4 rings (SSSR count). The largest absolute Gasteiger partial charge is 0.488 e. The molecule has 1 aromatic heterocycles. The number of benzene rings is 3. The first kappa shape index (κ1) is 17.7. The number of aromatic nitrogens is 1. The predicted molar refractivity (Wildman–Crippen MR) is 116 cm³/mol. The van der Waals surface area contributed by atoms with Crippen LogP contribution in [0.3, 0.4) is 0 Å². The Hall–Kier alpha value is -2.70. The standard InChI is InChI=1S/C21H16BrN3OS/c22-17-10-11-19(26-14-15-6-2-1-3-7-15)16(12-17)13-23-25-21-24-18-8-4-5-9-20(18)27-21/h1-13H,14H2,(H,24,25)/b23-13+. The maximum absolute atomic E-state index is 5.98. The fourth-order valence-electron chi connectivity index (χ4n) is 2.56. The monoisotopic (exact) mass is 437 g/mol. The molecule has 0 saturated carbocycles. The number of para-hydroxylation sites is 1. The molecule has 134 valence electrons. The first-order valence-corrected chi connectivity index (χ1v) is 10.00. The maximum atomic E-state index is 5.98. The number of anilines is 1. The van der Waals surface area contributed by atoms with Crippen molar-refractivity contribution in [3.8, 4) is 5.75 Å². The van der Waals surface area contributed by atoms with Crippen LogP contribution in [0.15, 0.2) is 82.4 Å². The van der Waals surface area contributed by atoms with E-state index in [1.807, 2.05) is 72.8 Å². The first-order chi connectivity index (χ1) is 13.3. The molecular formula is C21H16BrN3OS. The van der Waals surface area contributed by atoms with Gasteiger partial charge >= 0.3 is 0 Å². The molecule has 0 aliphatic carbocycles. The number of rotatable bonds is 6. The second-order valence-electron chi connectivity index (χ2n) is 5.81. The van der Waals surface area contributed by atoms with E-state index in [-0.39, 0.29) is 0 Å². The molecule has 3 aromatic carbocycles. The molecule has 0 saturated heterocycles. The second-order valence-corrected chi connectivity index (χ2v) is 7.76. The molecule has 6 heteroatoms. The average molecular weight is 438 g/mol. The number of nitrogens with one attached hydrogen (secondary N) is 1. The van der Waals surface area contributed by atoms with Gasteiger partial charge in [-0.3, -0.25) is 5.43 Å². The summed E-state index contributed by atoms with van der Waals surface area (Å²) in [4.78, 5) is 4.51. The number of hydrogen-bond acceptors (Lipinski definition) is 5. The Morgan fingerprint density at radius 3 is 2.70 bits per heavy atom. The number of halogens is 1. The van der Waals surface area contributed by atoms with Crippen LogP contribution in [-0.2, 0) is 6.61 Å². The van der Waals surface area contributed by atoms with Gasteiger partial charge in [-0.05, 0) is 35.9 Å². The number of thiazole rings is 1. The molecule has 0 amide bonds. The highest BCUT2D eigenvalue weighted by atomic mass is 79.9. The Morgan fingerprint density at radius 2 is 1.85 bits per heavy atom. The molecular weight excluding hydrogens is 422 g/mol. The van der Waals surface area contributed by atoms with E-state index in [0.717, 1.165) is 36.7 Å². The van der Waals surface area contributed by atoms with E-state index in [9.17, 15) is 0 Å².